The summed E-state index contributed by atoms with van der Waals surface area (Å²) in [5, 5.41) is 19.9. The Morgan fingerprint density at radius 3 is 2.50 bits per heavy atom. The van der Waals surface area contributed by atoms with E-state index in [0.29, 0.717) is 23.7 Å². The van der Waals surface area contributed by atoms with Gasteiger partial charge in [-0.05, 0) is 35.4 Å². The molecular formula is C23H21F2N5O2. The van der Waals surface area contributed by atoms with E-state index >= 15 is 0 Å². The van der Waals surface area contributed by atoms with Gasteiger partial charge in [0.25, 0.3) is 0 Å². The molecule has 3 aromatic rings. The molecule has 1 fully saturated rings. The Hall–Kier alpha value is -3.80. The monoisotopic (exact) mass is 437 g/mol. The quantitative estimate of drug-likeness (QED) is 0.579. The molecule has 1 aliphatic carbocycles. The fourth-order valence-corrected chi connectivity index (χ4v) is 3.47. The fraction of sp³-hybridized carbons (Fsp3) is 0.304. The zero-order valence-electron chi connectivity index (χ0n) is 17.2. The number of nitriles is 1. The average Bonchev–Trinajstić information content (AvgIpc) is 3.18. The van der Waals surface area contributed by atoms with E-state index in [1.807, 2.05) is 12.1 Å². The minimum atomic E-state index is -2.54. The van der Waals surface area contributed by atoms with Gasteiger partial charge in [-0.1, -0.05) is 24.3 Å². The van der Waals surface area contributed by atoms with Crippen molar-refractivity contribution in [3.8, 4) is 11.8 Å². The minimum absolute atomic E-state index is 0.110. The number of nitrogens with one attached hydrogen (secondary N) is 1. The standard InChI is InChI=1S/C23H21F2N5O2/c24-23(25)10-19(11-23)15-32-20-7-5-16(6-8-20)9-22(31)28-21-13-27-30(29-21)14-18-3-1-17(12-26)2-4-18/h1-8,13,19H,9-11,14-15H2,(H,28,29,31). The molecule has 32 heavy (non-hydrogen) atoms. The fourth-order valence-electron chi connectivity index (χ4n) is 3.47. The van der Waals surface area contributed by atoms with Crippen LogP contribution in [0.5, 0.6) is 5.75 Å². The second-order valence-corrected chi connectivity index (χ2v) is 7.88. The number of hydrogen-bond acceptors (Lipinski definition) is 5. The summed E-state index contributed by atoms with van der Waals surface area (Å²) in [7, 11) is 0. The number of carbonyl (C=O) groups excluding carboxylic acids is 1. The summed E-state index contributed by atoms with van der Waals surface area (Å²) in [5.41, 5.74) is 2.30. The molecule has 0 saturated heterocycles. The van der Waals surface area contributed by atoms with Gasteiger partial charge in [0.15, 0.2) is 5.82 Å². The number of amides is 1. The molecule has 0 spiro atoms. The van der Waals surface area contributed by atoms with Crippen LogP contribution in [-0.4, -0.2) is 33.4 Å². The van der Waals surface area contributed by atoms with E-state index in [-0.39, 0.29) is 37.7 Å². The molecule has 0 radical (unpaired) electrons. The Bertz CT molecular complexity index is 1110. The van der Waals surface area contributed by atoms with E-state index in [2.05, 4.69) is 21.6 Å². The number of nitrogens with zero attached hydrogens (tertiary/aromatic N) is 4. The highest BCUT2D eigenvalue weighted by Crippen LogP contribution is 2.42. The third-order valence-corrected chi connectivity index (χ3v) is 5.16. The lowest BCUT2D eigenvalue weighted by Crippen LogP contribution is -2.38. The SMILES string of the molecule is N#Cc1ccc(Cn2ncc(NC(=O)Cc3ccc(OCC4CC(F)(F)C4)cc3)n2)cc1. The average molecular weight is 437 g/mol. The third-order valence-electron chi connectivity index (χ3n) is 5.16. The van der Waals surface area contributed by atoms with Crippen LogP contribution < -0.4 is 10.1 Å². The summed E-state index contributed by atoms with van der Waals surface area (Å²) in [6.07, 6.45) is 1.38. The Morgan fingerprint density at radius 2 is 1.84 bits per heavy atom. The molecule has 2 aromatic carbocycles. The number of aromatic nitrogens is 3. The van der Waals surface area contributed by atoms with Crippen LogP contribution in [0.25, 0.3) is 0 Å². The van der Waals surface area contributed by atoms with Gasteiger partial charge in [-0.15, -0.1) is 5.10 Å². The van der Waals surface area contributed by atoms with Gasteiger partial charge in [-0.3, -0.25) is 4.79 Å². The van der Waals surface area contributed by atoms with Crippen molar-refractivity contribution in [1.29, 1.82) is 5.26 Å². The molecular weight excluding hydrogens is 416 g/mol. The van der Waals surface area contributed by atoms with E-state index in [1.54, 1.807) is 36.4 Å². The highest BCUT2D eigenvalue weighted by molar-refractivity contribution is 5.91. The van der Waals surface area contributed by atoms with Crippen LogP contribution in [-0.2, 0) is 17.8 Å². The van der Waals surface area contributed by atoms with Crippen molar-refractivity contribution >= 4 is 11.7 Å². The van der Waals surface area contributed by atoms with E-state index in [1.165, 1.54) is 11.0 Å². The molecule has 0 bridgehead atoms. The van der Waals surface area contributed by atoms with E-state index in [9.17, 15) is 13.6 Å². The van der Waals surface area contributed by atoms with Crippen LogP contribution >= 0.6 is 0 Å². The number of ether oxygens (including phenoxy) is 1. The Kier molecular flexibility index (Phi) is 6.12. The third kappa shape index (κ3) is 5.66. The molecule has 1 amide bonds. The van der Waals surface area contributed by atoms with Crippen molar-refractivity contribution in [2.75, 3.05) is 11.9 Å². The molecule has 4 rings (SSSR count). The number of alkyl halides is 2. The molecule has 1 N–H and O–H groups in total. The summed E-state index contributed by atoms with van der Waals surface area (Å²) in [5.74, 6) is -1.95. The number of carbonyl (C=O) groups is 1. The highest BCUT2D eigenvalue weighted by Gasteiger charge is 2.45. The number of hydrogen-bond donors (Lipinski definition) is 1. The van der Waals surface area contributed by atoms with Crippen molar-refractivity contribution in [2.24, 2.45) is 5.92 Å². The molecule has 9 heteroatoms. The lowest BCUT2D eigenvalue weighted by Gasteiger charge is -2.34. The predicted molar refractivity (Wildman–Crippen MR) is 112 cm³/mol. The molecule has 1 saturated carbocycles. The van der Waals surface area contributed by atoms with Gasteiger partial charge in [0.2, 0.25) is 11.8 Å². The zero-order valence-corrected chi connectivity index (χ0v) is 17.2. The van der Waals surface area contributed by atoms with Crippen LogP contribution in [0.2, 0.25) is 0 Å². The molecule has 0 unspecified atom stereocenters. The van der Waals surface area contributed by atoms with Gasteiger partial charge < -0.3 is 10.1 Å². The van der Waals surface area contributed by atoms with Gasteiger partial charge in [-0.25, -0.2) is 8.78 Å². The van der Waals surface area contributed by atoms with Gasteiger partial charge in [-0.2, -0.15) is 15.2 Å². The largest absolute Gasteiger partial charge is 0.493 e. The molecule has 0 aliphatic heterocycles. The summed E-state index contributed by atoms with van der Waals surface area (Å²) >= 11 is 0. The van der Waals surface area contributed by atoms with E-state index in [0.717, 1.165) is 11.1 Å². The maximum atomic E-state index is 12.9. The summed E-state index contributed by atoms with van der Waals surface area (Å²) < 4.78 is 31.3. The molecule has 0 atom stereocenters. The van der Waals surface area contributed by atoms with Gasteiger partial charge in [0, 0.05) is 18.8 Å². The van der Waals surface area contributed by atoms with Crippen molar-refractivity contribution in [1.82, 2.24) is 15.0 Å². The van der Waals surface area contributed by atoms with Gasteiger partial charge >= 0.3 is 0 Å². The Morgan fingerprint density at radius 1 is 1.16 bits per heavy atom. The first kappa shape index (κ1) is 21.4. The van der Waals surface area contributed by atoms with Crippen molar-refractivity contribution in [3.63, 3.8) is 0 Å². The van der Waals surface area contributed by atoms with Crippen molar-refractivity contribution in [3.05, 3.63) is 71.4 Å². The smallest absolute Gasteiger partial charge is 0.248 e. The van der Waals surface area contributed by atoms with Crippen LogP contribution in [0.3, 0.4) is 0 Å². The lowest BCUT2D eigenvalue weighted by molar-refractivity contribution is -0.119. The van der Waals surface area contributed by atoms with Crippen LogP contribution in [0.1, 0.15) is 29.5 Å². The molecule has 164 valence electrons. The number of rotatable bonds is 8. The Labute approximate surface area is 183 Å². The maximum absolute atomic E-state index is 12.9. The molecule has 1 aliphatic rings. The first-order valence-corrected chi connectivity index (χ1v) is 10.2. The van der Waals surface area contributed by atoms with E-state index in [4.69, 9.17) is 10.00 Å². The molecule has 7 nitrogen and oxygen atoms in total. The van der Waals surface area contributed by atoms with Crippen LogP contribution in [0.4, 0.5) is 14.6 Å². The number of benzene rings is 2. The molecule has 1 aromatic heterocycles. The summed E-state index contributed by atoms with van der Waals surface area (Å²) in [4.78, 5) is 13.8. The normalized spacial score (nSPS) is 14.9. The van der Waals surface area contributed by atoms with Crippen LogP contribution in [0.15, 0.2) is 54.7 Å². The summed E-state index contributed by atoms with van der Waals surface area (Å²) in [6.45, 7) is 0.690. The van der Waals surface area contributed by atoms with Crippen molar-refractivity contribution in [2.45, 2.75) is 31.7 Å². The Balaban J connectivity index is 1.23. The van der Waals surface area contributed by atoms with Gasteiger partial charge in [0.1, 0.15) is 5.75 Å². The van der Waals surface area contributed by atoms with Gasteiger partial charge in [0.05, 0.1) is 37.4 Å². The predicted octanol–water partition coefficient (Wildman–Crippen LogP) is 3.80. The van der Waals surface area contributed by atoms with Crippen LogP contribution in [0, 0.1) is 17.2 Å². The maximum Gasteiger partial charge on any atom is 0.248 e. The first-order chi connectivity index (χ1) is 15.4. The first-order valence-electron chi connectivity index (χ1n) is 10.2. The number of anilines is 1. The highest BCUT2D eigenvalue weighted by atomic mass is 19.3. The topological polar surface area (TPSA) is 92.8 Å². The van der Waals surface area contributed by atoms with Crippen molar-refractivity contribution < 1.29 is 18.3 Å². The minimum Gasteiger partial charge on any atom is -0.493 e. The zero-order chi connectivity index (χ0) is 22.6. The second kappa shape index (κ2) is 9.14. The summed E-state index contributed by atoms with van der Waals surface area (Å²) in [6, 6.07) is 16.2. The second-order valence-electron chi connectivity index (χ2n) is 7.88. The molecule has 1 heterocycles. The number of halogens is 2. The van der Waals surface area contributed by atoms with E-state index < -0.39 is 5.92 Å². The lowest BCUT2D eigenvalue weighted by atomic mass is 9.82.